The molecule has 0 unspecified atom stereocenters. The van der Waals surface area contributed by atoms with Gasteiger partial charge in [-0.1, -0.05) is 0 Å². The van der Waals surface area contributed by atoms with Crippen LogP contribution in [0.2, 0.25) is 0 Å². The molecule has 0 bridgehead atoms. The van der Waals surface area contributed by atoms with E-state index in [1.165, 1.54) is 12.1 Å². The van der Waals surface area contributed by atoms with Gasteiger partial charge in [-0.2, -0.15) is 0 Å². The molecule has 2 N–H and O–H groups in total. The molecule has 0 amide bonds. The van der Waals surface area contributed by atoms with Gasteiger partial charge in [-0.15, -0.1) is 0 Å². The number of carbonyl (C=O) groups excluding carboxylic acids is 1. The number of rotatable bonds is 5. The van der Waals surface area contributed by atoms with Crippen molar-refractivity contribution >= 4 is 11.7 Å². The highest BCUT2D eigenvalue weighted by Gasteiger charge is 2.13. The quantitative estimate of drug-likeness (QED) is 0.486. The van der Waals surface area contributed by atoms with E-state index < -0.39 is 11.8 Å². The first kappa shape index (κ1) is 13.4. The van der Waals surface area contributed by atoms with Crippen molar-refractivity contribution in [2.45, 2.75) is 13.8 Å². The number of ether oxygens (including phenoxy) is 2. The van der Waals surface area contributed by atoms with Crippen LogP contribution in [0.5, 0.6) is 0 Å². The highest BCUT2D eigenvalue weighted by Crippen LogP contribution is 2.17. The number of carbonyl (C=O) groups is 1. The highest BCUT2D eigenvalue weighted by molar-refractivity contribution is 5.92. The first-order valence-electron chi connectivity index (χ1n) is 5.36. The normalized spacial score (nSPS) is 10.3. The Morgan fingerprint density at radius 2 is 2.12 bits per heavy atom. The number of hydrogen-bond acceptors (Lipinski definition) is 4. The van der Waals surface area contributed by atoms with Gasteiger partial charge in [0.2, 0.25) is 0 Å². The standard InChI is InChI=1S/C12H16FNO3/c1-3-16-4-5-17-12(15)9-7-11(14)10(13)6-8(9)2/h6-7H,3-5,14H2,1-2H3. The van der Waals surface area contributed by atoms with Crippen molar-refractivity contribution in [1.82, 2.24) is 0 Å². The fourth-order valence-corrected chi connectivity index (χ4v) is 1.32. The molecule has 0 atom stereocenters. The highest BCUT2D eigenvalue weighted by atomic mass is 19.1. The fourth-order valence-electron chi connectivity index (χ4n) is 1.32. The molecular formula is C12H16FNO3. The molecule has 0 saturated heterocycles. The summed E-state index contributed by atoms with van der Waals surface area (Å²) in [5, 5.41) is 0. The summed E-state index contributed by atoms with van der Waals surface area (Å²) < 4.78 is 23.1. The lowest BCUT2D eigenvalue weighted by atomic mass is 10.1. The lowest BCUT2D eigenvalue weighted by Crippen LogP contribution is -2.12. The van der Waals surface area contributed by atoms with E-state index in [1.807, 2.05) is 6.92 Å². The minimum atomic E-state index is -0.534. The van der Waals surface area contributed by atoms with Crippen LogP contribution in [-0.4, -0.2) is 25.8 Å². The molecular weight excluding hydrogens is 225 g/mol. The Hall–Kier alpha value is -1.62. The van der Waals surface area contributed by atoms with Gasteiger partial charge < -0.3 is 15.2 Å². The topological polar surface area (TPSA) is 61.5 Å². The predicted molar refractivity (Wildman–Crippen MR) is 62.3 cm³/mol. The zero-order chi connectivity index (χ0) is 12.8. The number of nitrogens with two attached hydrogens (primary N) is 1. The van der Waals surface area contributed by atoms with Gasteiger partial charge in [-0.3, -0.25) is 0 Å². The Labute approximate surface area is 99.5 Å². The molecule has 94 valence electrons. The lowest BCUT2D eigenvalue weighted by Gasteiger charge is -2.08. The van der Waals surface area contributed by atoms with E-state index in [2.05, 4.69) is 0 Å². The number of nitrogen functional groups attached to an aromatic ring is 1. The summed E-state index contributed by atoms with van der Waals surface area (Å²) in [7, 11) is 0. The summed E-state index contributed by atoms with van der Waals surface area (Å²) in [6.45, 7) is 4.57. The molecule has 0 spiro atoms. The maximum atomic E-state index is 13.1. The average Bonchev–Trinajstić information content (AvgIpc) is 2.29. The summed E-state index contributed by atoms with van der Waals surface area (Å²) in [5.41, 5.74) is 6.11. The number of hydrogen-bond donors (Lipinski definition) is 1. The summed E-state index contributed by atoms with van der Waals surface area (Å²) in [6.07, 6.45) is 0. The van der Waals surface area contributed by atoms with Gasteiger partial charge in [-0.05, 0) is 31.5 Å². The Morgan fingerprint density at radius 3 is 2.76 bits per heavy atom. The molecule has 1 aromatic rings. The van der Waals surface area contributed by atoms with Crippen LogP contribution in [0.15, 0.2) is 12.1 Å². The smallest absolute Gasteiger partial charge is 0.338 e. The van der Waals surface area contributed by atoms with Crippen molar-refractivity contribution in [3.63, 3.8) is 0 Å². The SMILES string of the molecule is CCOCCOC(=O)c1cc(N)c(F)cc1C. The van der Waals surface area contributed by atoms with Crippen molar-refractivity contribution in [1.29, 1.82) is 0 Å². The second-order valence-corrected chi connectivity index (χ2v) is 3.52. The molecule has 0 aliphatic rings. The van der Waals surface area contributed by atoms with Gasteiger partial charge >= 0.3 is 5.97 Å². The van der Waals surface area contributed by atoms with Gasteiger partial charge in [0.15, 0.2) is 0 Å². The molecule has 0 fully saturated rings. The third-order valence-corrected chi connectivity index (χ3v) is 2.23. The van der Waals surface area contributed by atoms with E-state index in [1.54, 1.807) is 6.92 Å². The van der Waals surface area contributed by atoms with Crippen molar-refractivity contribution < 1.29 is 18.7 Å². The third-order valence-electron chi connectivity index (χ3n) is 2.23. The maximum Gasteiger partial charge on any atom is 0.338 e. The van der Waals surface area contributed by atoms with Gasteiger partial charge in [0.1, 0.15) is 12.4 Å². The average molecular weight is 241 g/mol. The van der Waals surface area contributed by atoms with Crippen molar-refractivity contribution in [2.24, 2.45) is 0 Å². The second kappa shape index (κ2) is 6.20. The molecule has 0 radical (unpaired) electrons. The van der Waals surface area contributed by atoms with Gasteiger partial charge in [0, 0.05) is 6.61 Å². The second-order valence-electron chi connectivity index (χ2n) is 3.52. The zero-order valence-electron chi connectivity index (χ0n) is 9.96. The van der Waals surface area contributed by atoms with Gasteiger partial charge in [0.25, 0.3) is 0 Å². The summed E-state index contributed by atoms with van der Waals surface area (Å²) >= 11 is 0. The van der Waals surface area contributed by atoms with E-state index >= 15 is 0 Å². The Bertz CT molecular complexity index is 407. The van der Waals surface area contributed by atoms with Crippen LogP contribution in [0.25, 0.3) is 0 Å². The van der Waals surface area contributed by atoms with Crippen LogP contribution in [0.4, 0.5) is 10.1 Å². The first-order valence-corrected chi connectivity index (χ1v) is 5.36. The largest absolute Gasteiger partial charge is 0.460 e. The van der Waals surface area contributed by atoms with Crippen LogP contribution in [0.1, 0.15) is 22.8 Å². The zero-order valence-corrected chi connectivity index (χ0v) is 9.96. The minimum absolute atomic E-state index is 0.0626. The third kappa shape index (κ3) is 3.71. The van der Waals surface area contributed by atoms with E-state index in [4.69, 9.17) is 15.2 Å². The molecule has 0 aliphatic carbocycles. The van der Waals surface area contributed by atoms with E-state index in [0.717, 1.165) is 0 Å². The first-order chi connectivity index (χ1) is 8.06. The van der Waals surface area contributed by atoms with Crippen molar-refractivity contribution in [3.05, 3.63) is 29.1 Å². The fraction of sp³-hybridized carbons (Fsp3) is 0.417. The Kier molecular flexibility index (Phi) is 4.90. The van der Waals surface area contributed by atoms with Crippen LogP contribution in [0.3, 0.4) is 0 Å². The summed E-state index contributed by atoms with van der Waals surface area (Å²) in [5.74, 6) is -1.05. The van der Waals surface area contributed by atoms with Crippen molar-refractivity contribution in [3.8, 4) is 0 Å². The molecule has 4 nitrogen and oxygen atoms in total. The molecule has 1 rings (SSSR count). The molecule has 0 heterocycles. The maximum absolute atomic E-state index is 13.1. The number of anilines is 1. The lowest BCUT2D eigenvalue weighted by molar-refractivity contribution is 0.0334. The molecule has 17 heavy (non-hydrogen) atoms. The van der Waals surface area contributed by atoms with E-state index in [-0.39, 0.29) is 17.9 Å². The van der Waals surface area contributed by atoms with Crippen LogP contribution in [-0.2, 0) is 9.47 Å². The summed E-state index contributed by atoms with van der Waals surface area (Å²) in [6, 6.07) is 2.50. The predicted octanol–water partition coefficient (Wildman–Crippen LogP) is 1.91. The molecule has 0 aromatic heterocycles. The van der Waals surface area contributed by atoms with Crippen LogP contribution >= 0.6 is 0 Å². The summed E-state index contributed by atoms with van der Waals surface area (Å²) in [4.78, 5) is 11.6. The molecule has 0 saturated carbocycles. The van der Waals surface area contributed by atoms with Gasteiger partial charge in [-0.25, -0.2) is 9.18 Å². The number of aryl methyl sites for hydroxylation is 1. The van der Waals surface area contributed by atoms with Crippen LogP contribution < -0.4 is 5.73 Å². The Balaban J connectivity index is 2.66. The van der Waals surface area contributed by atoms with E-state index in [9.17, 15) is 9.18 Å². The number of esters is 1. The molecule has 5 heteroatoms. The van der Waals surface area contributed by atoms with Crippen molar-refractivity contribution in [2.75, 3.05) is 25.6 Å². The Morgan fingerprint density at radius 1 is 1.41 bits per heavy atom. The van der Waals surface area contributed by atoms with E-state index in [0.29, 0.717) is 18.8 Å². The number of halogens is 1. The van der Waals surface area contributed by atoms with Gasteiger partial charge in [0.05, 0.1) is 17.9 Å². The van der Waals surface area contributed by atoms with Crippen LogP contribution in [0, 0.1) is 12.7 Å². The molecule has 0 aliphatic heterocycles. The minimum Gasteiger partial charge on any atom is -0.460 e. The monoisotopic (exact) mass is 241 g/mol. The number of benzene rings is 1. The molecule has 1 aromatic carbocycles.